The predicted octanol–water partition coefficient (Wildman–Crippen LogP) is 3.35. The minimum absolute atomic E-state index is 0. The van der Waals surface area contributed by atoms with E-state index < -0.39 is 0 Å². The molecule has 0 aliphatic carbocycles. The van der Waals surface area contributed by atoms with E-state index in [1.807, 2.05) is 24.3 Å². The molecule has 1 aliphatic rings. The molecule has 1 aromatic heterocycles. The van der Waals surface area contributed by atoms with Crippen LogP contribution in [0.2, 0.25) is 0 Å². The zero-order chi connectivity index (χ0) is 18.6. The van der Waals surface area contributed by atoms with Gasteiger partial charge in [0.2, 0.25) is 0 Å². The fourth-order valence-corrected chi connectivity index (χ4v) is 2.96. The van der Waals surface area contributed by atoms with Gasteiger partial charge in [-0.2, -0.15) is 5.10 Å². The largest absolute Gasteiger partial charge is 0.371 e. The lowest BCUT2D eigenvalue weighted by Crippen LogP contribution is -2.33. The van der Waals surface area contributed by atoms with Crippen LogP contribution in [0.5, 0.6) is 0 Å². The number of hydrogen-bond donors (Lipinski definition) is 2. The van der Waals surface area contributed by atoms with E-state index in [-0.39, 0.29) is 30.2 Å². The first kappa shape index (κ1) is 20.0. The van der Waals surface area contributed by atoms with Gasteiger partial charge >= 0.3 is 0 Å². The van der Waals surface area contributed by atoms with Gasteiger partial charge < -0.3 is 15.4 Å². The standard InChI is InChI=1S/C20H19FN4O2.ClH/c21-16-2-1-3-18(10-16)25-13-15(11-23-25)20(26)24-17-6-4-14(5-7-17)19-12-22-8-9-27-19;/h1-7,10-11,13,19,22H,8-9,12H2,(H,24,26);1H. The van der Waals surface area contributed by atoms with Crippen molar-refractivity contribution in [2.24, 2.45) is 0 Å². The second-order valence-corrected chi connectivity index (χ2v) is 6.29. The van der Waals surface area contributed by atoms with Crippen LogP contribution in [-0.4, -0.2) is 35.4 Å². The Labute approximate surface area is 168 Å². The second-order valence-electron chi connectivity index (χ2n) is 6.29. The van der Waals surface area contributed by atoms with Crippen molar-refractivity contribution in [3.05, 3.63) is 77.9 Å². The van der Waals surface area contributed by atoms with E-state index in [4.69, 9.17) is 4.74 Å². The summed E-state index contributed by atoms with van der Waals surface area (Å²) in [6.45, 7) is 2.34. The first-order valence-electron chi connectivity index (χ1n) is 8.73. The quantitative estimate of drug-likeness (QED) is 0.702. The number of nitrogens with one attached hydrogen (secondary N) is 2. The smallest absolute Gasteiger partial charge is 0.258 e. The maximum Gasteiger partial charge on any atom is 0.258 e. The zero-order valence-electron chi connectivity index (χ0n) is 15.0. The molecule has 3 aromatic rings. The van der Waals surface area contributed by atoms with Gasteiger partial charge in [-0.1, -0.05) is 18.2 Å². The number of amides is 1. The number of nitrogens with zero attached hydrogens (tertiary/aromatic N) is 2. The van der Waals surface area contributed by atoms with Gasteiger partial charge in [0, 0.05) is 25.0 Å². The van der Waals surface area contributed by atoms with Crippen LogP contribution in [0.25, 0.3) is 5.69 Å². The monoisotopic (exact) mass is 402 g/mol. The minimum Gasteiger partial charge on any atom is -0.371 e. The Kier molecular flexibility index (Phi) is 6.41. The van der Waals surface area contributed by atoms with E-state index >= 15 is 0 Å². The molecule has 1 unspecified atom stereocenters. The molecule has 1 aliphatic heterocycles. The third-order valence-corrected chi connectivity index (χ3v) is 4.39. The first-order valence-corrected chi connectivity index (χ1v) is 8.73. The lowest BCUT2D eigenvalue weighted by molar-refractivity contribution is 0.0277. The van der Waals surface area contributed by atoms with Gasteiger partial charge in [-0.3, -0.25) is 4.79 Å². The highest BCUT2D eigenvalue weighted by Gasteiger charge is 2.16. The highest BCUT2D eigenvalue weighted by molar-refractivity contribution is 6.04. The molecular weight excluding hydrogens is 383 g/mol. The fourth-order valence-electron chi connectivity index (χ4n) is 2.96. The molecule has 6 nitrogen and oxygen atoms in total. The Balaban J connectivity index is 0.00000225. The van der Waals surface area contributed by atoms with Crippen LogP contribution >= 0.6 is 12.4 Å². The number of hydrogen-bond acceptors (Lipinski definition) is 4. The van der Waals surface area contributed by atoms with Gasteiger partial charge in [-0.25, -0.2) is 9.07 Å². The molecule has 2 heterocycles. The van der Waals surface area contributed by atoms with Crippen LogP contribution < -0.4 is 10.6 Å². The highest BCUT2D eigenvalue weighted by Crippen LogP contribution is 2.21. The summed E-state index contributed by atoms with van der Waals surface area (Å²) in [6, 6.07) is 13.6. The third kappa shape index (κ3) is 4.56. The first-order chi connectivity index (χ1) is 13.2. The maximum absolute atomic E-state index is 13.3. The van der Waals surface area contributed by atoms with Gasteiger partial charge in [0.15, 0.2) is 0 Å². The molecule has 146 valence electrons. The van der Waals surface area contributed by atoms with Crippen molar-refractivity contribution in [2.75, 3.05) is 25.0 Å². The van der Waals surface area contributed by atoms with E-state index in [9.17, 15) is 9.18 Å². The zero-order valence-corrected chi connectivity index (χ0v) is 15.8. The van der Waals surface area contributed by atoms with Gasteiger partial charge in [0.05, 0.1) is 30.2 Å². The number of morpholine rings is 1. The predicted molar refractivity (Wildman–Crippen MR) is 107 cm³/mol. The summed E-state index contributed by atoms with van der Waals surface area (Å²) in [7, 11) is 0. The van der Waals surface area contributed by atoms with Crippen molar-refractivity contribution in [3.63, 3.8) is 0 Å². The molecular formula is C20H20ClFN4O2. The molecule has 0 radical (unpaired) electrons. The summed E-state index contributed by atoms with van der Waals surface area (Å²) in [5.74, 6) is -0.632. The van der Waals surface area contributed by atoms with Crippen LogP contribution in [0.1, 0.15) is 22.0 Å². The lowest BCUT2D eigenvalue weighted by Gasteiger charge is -2.24. The van der Waals surface area contributed by atoms with Crippen molar-refractivity contribution in [2.45, 2.75) is 6.10 Å². The van der Waals surface area contributed by atoms with E-state index in [1.165, 1.54) is 23.0 Å². The van der Waals surface area contributed by atoms with Gasteiger partial charge in [0.25, 0.3) is 5.91 Å². The van der Waals surface area contributed by atoms with Gasteiger partial charge in [-0.05, 0) is 35.9 Å². The van der Waals surface area contributed by atoms with Crippen molar-refractivity contribution in [3.8, 4) is 5.69 Å². The summed E-state index contributed by atoms with van der Waals surface area (Å²) in [4.78, 5) is 12.4. The number of anilines is 1. The third-order valence-electron chi connectivity index (χ3n) is 4.39. The molecule has 1 amide bonds. The number of carbonyl (C=O) groups excluding carboxylic acids is 1. The topological polar surface area (TPSA) is 68.2 Å². The molecule has 0 saturated carbocycles. The molecule has 0 bridgehead atoms. The normalized spacial score (nSPS) is 16.2. The molecule has 4 rings (SSSR count). The van der Waals surface area contributed by atoms with Crippen molar-refractivity contribution < 1.29 is 13.9 Å². The molecule has 28 heavy (non-hydrogen) atoms. The Morgan fingerprint density at radius 2 is 2.07 bits per heavy atom. The van der Waals surface area contributed by atoms with Crippen LogP contribution in [0.15, 0.2) is 60.9 Å². The summed E-state index contributed by atoms with van der Waals surface area (Å²) >= 11 is 0. The van der Waals surface area contributed by atoms with E-state index in [0.29, 0.717) is 23.5 Å². The van der Waals surface area contributed by atoms with Crippen LogP contribution in [-0.2, 0) is 4.74 Å². The number of aromatic nitrogens is 2. The Hall–Kier alpha value is -2.74. The number of rotatable bonds is 4. The number of carbonyl (C=O) groups is 1. The van der Waals surface area contributed by atoms with Crippen molar-refractivity contribution in [1.29, 1.82) is 0 Å². The second kappa shape index (κ2) is 8.97. The Bertz CT molecular complexity index is 939. The SMILES string of the molecule is Cl.O=C(Nc1ccc(C2CNCCO2)cc1)c1cnn(-c2cccc(F)c2)c1. The molecule has 1 fully saturated rings. The Morgan fingerprint density at radius 3 is 2.79 bits per heavy atom. The van der Waals surface area contributed by atoms with Crippen LogP contribution in [0.3, 0.4) is 0 Å². The fraction of sp³-hybridized carbons (Fsp3) is 0.200. The Morgan fingerprint density at radius 1 is 1.25 bits per heavy atom. The number of ether oxygens (including phenoxy) is 1. The average Bonchev–Trinajstić information content (AvgIpc) is 3.20. The molecule has 8 heteroatoms. The number of halogens is 2. The molecule has 1 atom stereocenters. The molecule has 1 saturated heterocycles. The molecule has 2 N–H and O–H groups in total. The summed E-state index contributed by atoms with van der Waals surface area (Å²) in [5, 5.41) is 10.3. The molecule has 0 spiro atoms. The van der Waals surface area contributed by atoms with Gasteiger partial charge in [0.1, 0.15) is 5.82 Å². The van der Waals surface area contributed by atoms with E-state index in [2.05, 4.69) is 15.7 Å². The van der Waals surface area contributed by atoms with Crippen molar-refractivity contribution in [1.82, 2.24) is 15.1 Å². The molecule has 2 aromatic carbocycles. The number of benzene rings is 2. The van der Waals surface area contributed by atoms with E-state index in [0.717, 1.165) is 18.7 Å². The lowest BCUT2D eigenvalue weighted by atomic mass is 10.1. The van der Waals surface area contributed by atoms with Gasteiger partial charge in [-0.15, -0.1) is 12.4 Å². The summed E-state index contributed by atoms with van der Waals surface area (Å²) in [6.07, 6.45) is 3.06. The summed E-state index contributed by atoms with van der Waals surface area (Å²) < 4.78 is 20.5. The van der Waals surface area contributed by atoms with E-state index in [1.54, 1.807) is 18.3 Å². The van der Waals surface area contributed by atoms with Crippen LogP contribution in [0.4, 0.5) is 10.1 Å². The maximum atomic E-state index is 13.3. The van der Waals surface area contributed by atoms with Crippen LogP contribution in [0, 0.1) is 5.82 Å². The van der Waals surface area contributed by atoms with Crippen molar-refractivity contribution >= 4 is 24.0 Å². The minimum atomic E-state index is -0.355. The average molecular weight is 403 g/mol. The summed E-state index contributed by atoms with van der Waals surface area (Å²) in [5.41, 5.74) is 2.70. The highest BCUT2D eigenvalue weighted by atomic mass is 35.5.